The number of rotatable bonds is 4. The van der Waals surface area contributed by atoms with Crippen LogP contribution in [0.4, 0.5) is 28.9 Å². The lowest BCUT2D eigenvalue weighted by Gasteiger charge is -2.22. The Morgan fingerprint density at radius 2 is 1.72 bits per heavy atom. The topological polar surface area (TPSA) is 64.4 Å². The standard InChI is InChI=1S/C16H12F4N2O3/c17-10-2-1-8(5-11(10)18)16-14(3-4-25-16)21-15-12(19)6-9(22(23)24)7-13(15)20/h1-2,5-7,14,16,21H,3-4H2. The van der Waals surface area contributed by atoms with E-state index in [0.717, 1.165) is 12.1 Å². The predicted molar refractivity (Wildman–Crippen MR) is 80.1 cm³/mol. The van der Waals surface area contributed by atoms with Crippen molar-refractivity contribution in [2.75, 3.05) is 11.9 Å². The summed E-state index contributed by atoms with van der Waals surface area (Å²) in [7, 11) is 0. The molecule has 1 N–H and O–H groups in total. The zero-order valence-electron chi connectivity index (χ0n) is 12.6. The fourth-order valence-corrected chi connectivity index (χ4v) is 2.74. The van der Waals surface area contributed by atoms with Gasteiger partial charge in [-0.1, -0.05) is 6.07 Å². The Hall–Kier alpha value is -2.68. The van der Waals surface area contributed by atoms with Gasteiger partial charge in [-0.05, 0) is 24.1 Å². The minimum absolute atomic E-state index is 0.248. The first-order chi connectivity index (χ1) is 11.9. The molecular formula is C16H12F4N2O3. The molecule has 0 spiro atoms. The molecule has 2 atom stereocenters. The third-order valence-electron chi connectivity index (χ3n) is 3.93. The number of benzene rings is 2. The number of nitro benzene ring substituents is 1. The largest absolute Gasteiger partial charge is 0.374 e. The average molecular weight is 356 g/mol. The number of nitrogens with one attached hydrogen (secondary N) is 1. The van der Waals surface area contributed by atoms with Crippen molar-refractivity contribution in [1.29, 1.82) is 0 Å². The molecule has 1 aliphatic heterocycles. The zero-order chi connectivity index (χ0) is 18.1. The molecule has 2 aromatic carbocycles. The van der Waals surface area contributed by atoms with E-state index in [1.54, 1.807) is 0 Å². The van der Waals surface area contributed by atoms with Crippen molar-refractivity contribution in [3.8, 4) is 0 Å². The van der Waals surface area contributed by atoms with Gasteiger partial charge in [-0.3, -0.25) is 10.1 Å². The number of nitrogens with zero attached hydrogens (tertiary/aromatic N) is 1. The summed E-state index contributed by atoms with van der Waals surface area (Å²) in [5.74, 6) is -4.32. The second-order valence-electron chi connectivity index (χ2n) is 5.55. The van der Waals surface area contributed by atoms with Crippen LogP contribution in [0.15, 0.2) is 30.3 Å². The summed E-state index contributed by atoms with van der Waals surface area (Å²) in [6.45, 7) is 0.248. The highest BCUT2D eigenvalue weighted by Crippen LogP contribution is 2.34. The summed E-state index contributed by atoms with van der Waals surface area (Å²) in [5.41, 5.74) is -0.925. The maximum Gasteiger partial charge on any atom is 0.275 e. The molecule has 0 saturated carbocycles. The van der Waals surface area contributed by atoms with E-state index in [4.69, 9.17) is 4.74 Å². The smallest absolute Gasteiger partial charge is 0.275 e. The van der Waals surface area contributed by atoms with E-state index in [2.05, 4.69) is 5.32 Å². The third kappa shape index (κ3) is 3.41. The van der Waals surface area contributed by atoms with Crippen LogP contribution in [-0.2, 0) is 4.74 Å². The van der Waals surface area contributed by atoms with Gasteiger partial charge in [-0.25, -0.2) is 17.6 Å². The molecule has 0 bridgehead atoms. The maximum atomic E-state index is 14.0. The molecular weight excluding hydrogens is 344 g/mol. The van der Waals surface area contributed by atoms with Crippen molar-refractivity contribution < 1.29 is 27.2 Å². The quantitative estimate of drug-likeness (QED) is 0.509. The number of ether oxygens (including phenoxy) is 1. The van der Waals surface area contributed by atoms with Crippen LogP contribution < -0.4 is 5.32 Å². The van der Waals surface area contributed by atoms with Crippen molar-refractivity contribution >= 4 is 11.4 Å². The van der Waals surface area contributed by atoms with Gasteiger partial charge >= 0.3 is 0 Å². The molecule has 2 unspecified atom stereocenters. The highest BCUT2D eigenvalue weighted by molar-refractivity contribution is 5.52. The Balaban J connectivity index is 1.87. The number of non-ortho nitro benzene ring substituents is 1. The Morgan fingerprint density at radius 1 is 1.04 bits per heavy atom. The molecule has 1 saturated heterocycles. The van der Waals surface area contributed by atoms with Gasteiger partial charge in [0.25, 0.3) is 5.69 Å². The summed E-state index contributed by atoms with van der Waals surface area (Å²) in [5, 5.41) is 13.2. The molecule has 5 nitrogen and oxygen atoms in total. The third-order valence-corrected chi connectivity index (χ3v) is 3.93. The van der Waals surface area contributed by atoms with E-state index >= 15 is 0 Å². The van der Waals surface area contributed by atoms with Gasteiger partial charge in [0.2, 0.25) is 0 Å². The fraction of sp³-hybridized carbons (Fsp3) is 0.250. The Bertz CT molecular complexity index is 808. The molecule has 1 aliphatic rings. The Morgan fingerprint density at radius 3 is 2.32 bits per heavy atom. The Labute approximate surface area is 139 Å². The monoisotopic (exact) mass is 356 g/mol. The normalized spacial score (nSPS) is 19.8. The van der Waals surface area contributed by atoms with E-state index in [1.807, 2.05) is 0 Å². The van der Waals surface area contributed by atoms with Crippen LogP contribution in [0.2, 0.25) is 0 Å². The molecule has 25 heavy (non-hydrogen) atoms. The van der Waals surface area contributed by atoms with Crippen LogP contribution in [0.25, 0.3) is 0 Å². The van der Waals surface area contributed by atoms with Crippen LogP contribution in [0.3, 0.4) is 0 Å². The molecule has 0 amide bonds. The highest BCUT2D eigenvalue weighted by atomic mass is 19.2. The van der Waals surface area contributed by atoms with Gasteiger partial charge in [0.1, 0.15) is 11.8 Å². The van der Waals surface area contributed by atoms with Crippen molar-refractivity contribution in [1.82, 2.24) is 0 Å². The SMILES string of the molecule is O=[N+]([O-])c1cc(F)c(NC2CCOC2c2ccc(F)c(F)c2)c(F)c1. The van der Waals surface area contributed by atoms with Gasteiger partial charge in [0.05, 0.1) is 23.1 Å². The van der Waals surface area contributed by atoms with E-state index in [-0.39, 0.29) is 6.61 Å². The minimum Gasteiger partial charge on any atom is -0.374 e. The van der Waals surface area contributed by atoms with Crippen molar-refractivity contribution in [2.45, 2.75) is 18.6 Å². The molecule has 0 radical (unpaired) electrons. The summed E-state index contributed by atoms with van der Waals surface area (Å²) in [4.78, 5) is 9.72. The summed E-state index contributed by atoms with van der Waals surface area (Å²) >= 11 is 0. The lowest BCUT2D eigenvalue weighted by atomic mass is 10.0. The molecule has 132 valence electrons. The van der Waals surface area contributed by atoms with Crippen LogP contribution in [-0.4, -0.2) is 17.6 Å². The second kappa shape index (κ2) is 6.67. The van der Waals surface area contributed by atoms with Crippen LogP contribution >= 0.6 is 0 Å². The lowest BCUT2D eigenvalue weighted by molar-refractivity contribution is -0.385. The van der Waals surface area contributed by atoms with Gasteiger partial charge < -0.3 is 10.1 Å². The Kier molecular flexibility index (Phi) is 4.58. The highest BCUT2D eigenvalue weighted by Gasteiger charge is 2.32. The maximum absolute atomic E-state index is 14.0. The lowest BCUT2D eigenvalue weighted by Crippen LogP contribution is -2.24. The molecule has 1 fully saturated rings. The number of nitro groups is 1. The molecule has 0 aromatic heterocycles. The summed E-state index contributed by atoms with van der Waals surface area (Å²) in [6.07, 6.45) is -0.386. The van der Waals surface area contributed by atoms with Gasteiger partial charge in [0, 0.05) is 6.61 Å². The fourth-order valence-electron chi connectivity index (χ4n) is 2.74. The molecule has 1 heterocycles. The molecule has 3 rings (SSSR count). The average Bonchev–Trinajstić information content (AvgIpc) is 3.01. The van der Waals surface area contributed by atoms with Gasteiger partial charge in [0.15, 0.2) is 23.3 Å². The molecule has 2 aromatic rings. The van der Waals surface area contributed by atoms with E-state index < -0.39 is 51.7 Å². The zero-order valence-corrected chi connectivity index (χ0v) is 12.6. The number of anilines is 1. The van der Waals surface area contributed by atoms with Crippen LogP contribution in [0.5, 0.6) is 0 Å². The minimum atomic E-state index is -1.12. The first-order valence-electron chi connectivity index (χ1n) is 7.33. The predicted octanol–water partition coefficient (Wildman–Crippen LogP) is 4.09. The van der Waals surface area contributed by atoms with Crippen LogP contribution in [0, 0.1) is 33.4 Å². The van der Waals surface area contributed by atoms with E-state index in [1.165, 1.54) is 6.07 Å². The summed E-state index contributed by atoms with van der Waals surface area (Å²) in [6, 6.07) is 3.82. The first kappa shape index (κ1) is 17.2. The number of hydrogen-bond donors (Lipinski definition) is 1. The number of hydrogen-bond acceptors (Lipinski definition) is 4. The van der Waals surface area contributed by atoms with Gasteiger partial charge in [-0.2, -0.15) is 0 Å². The number of halogens is 4. The molecule has 0 aliphatic carbocycles. The van der Waals surface area contributed by atoms with Gasteiger partial charge in [-0.15, -0.1) is 0 Å². The van der Waals surface area contributed by atoms with Crippen molar-refractivity contribution in [2.24, 2.45) is 0 Å². The summed E-state index contributed by atoms with van der Waals surface area (Å²) < 4.78 is 59.9. The molecule has 9 heteroatoms. The van der Waals surface area contributed by atoms with E-state index in [0.29, 0.717) is 24.1 Å². The second-order valence-corrected chi connectivity index (χ2v) is 5.55. The first-order valence-corrected chi connectivity index (χ1v) is 7.33. The van der Waals surface area contributed by atoms with Crippen LogP contribution in [0.1, 0.15) is 18.1 Å². The van der Waals surface area contributed by atoms with Crippen molar-refractivity contribution in [3.05, 3.63) is 69.3 Å². The van der Waals surface area contributed by atoms with E-state index in [9.17, 15) is 27.7 Å². The van der Waals surface area contributed by atoms with Crippen molar-refractivity contribution in [3.63, 3.8) is 0 Å².